The van der Waals surface area contributed by atoms with E-state index in [1.54, 1.807) is 0 Å². The third kappa shape index (κ3) is 4.81. The van der Waals surface area contributed by atoms with Crippen LogP contribution in [0.15, 0.2) is 6.07 Å². The van der Waals surface area contributed by atoms with Crippen molar-refractivity contribution in [3.63, 3.8) is 0 Å². The van der Waals surface area contributed by atoms with Crippen molar-refractivity contribution in [1.82, 2.24) is 9.88 Å². The molecule has 0 spiro atoms. The van der Waals surface area contributed by atoms with Gasteiger partial charge in [-0.2, -0.15) is 0 Å². The number of nitrogens with zero attached hydrogens (tertiary/aromatic N) is 2. The van der Waals surface area contributed by atoms with E-state index in [0.29, 0.717) is 13.1 Å². The highest BCUT2D eigenvalue weighted by Crippen LogP contribution is 2.19. The fraction of sp³-hybridized carbons (Fsp3) is 0.667. The SMILES string of the molecule is CCCNc1nc(NCCN2CCCCC2)c(F)cc1F. The predicted molar refractivity (Wildman–Crippen MR) is 81.7 cm³/mol. The van der Waals surface area contributed by atoms with E-state index in [2.05, 4.69) is 20.5 Å². The van der Waals surface area contributed by atoms with Gasteiger partial charge in [0, 0.05) is 25.7 Å². The summed E-state index contributed by atoms with van der Waals surface area (Å²) in [4.78, 5) is 6.36. The molecule has 0 bridgehead atoms. The lowest BCUT2D eigenvalue weighted by molar-refractivity contribution is 0.237. The highest BCUT2D eigenvalue weighted by molar-refractivity contribution is 5.47. The molecule has 1 saturated heterocycles. The van der Waals surface area contributed by atoms with Gasteiger partial charge in [-0.25, -0.2) is 13.8 Å². The zero-order valence-electron chi connectivity index (χ0n) is 12.6. The summed E-state index contributed by atoms with van der Waals surface area (Å²) in [5, 5.41) is 5.84. The third-order valence-corrected chi connectivity index (χ3v) is 3.64. The Balaban J connectivity index is 1.88. The minimum Gasteiger partial charge on any atom is -0.368 e. The van der Waals surface area contributed by atoms with Gasteiger partial charge in [-0.3, -0.25) is 0 Å². The Morgan fingerprint density at radius 1 is 1.05 bits per heavy atom. The molecule has 0 atom stereocenters. The molecule has 0 radical (unpaired) electrons. The highest BCUT2D eigenvalue weighted by atomic mass is 19.1. The summed E-state index contributed by atoms with van der Waals surface area (Å²) in [6, 6.07) is 0.883. The molecule has 1 aromatic heterocycles. The van der Waals surface area contributed by atoms with Crippen LogP contribution in [0.3, 0.4) is 0 Å². The fourth-order valence-corrected chi connectivity index (χ4v) is 2.47. The van der Waals surface area contributed by atoms with Crippen LogP contribution in [0.2, 0.25) is 0 Å². The number of halogens is 2. The van der Waals surface area contributed by atoms with E-state index in [-0.39, 0.29) is 11.6 Å². The number of hydrogen-bond acceptors (Lipinski definition) is 4. The van der Waals surface area contributed by atoms with Crippen molar-refractivity contribution in [2.45, 2.75) is 32.6 Å². The summed E-state index contributed by atoms with van der Waals surface area (Å²) in [5.41, 5.74) is 0. The molecular formula is C15H24F2N4. The summed E-state index contributed by atoms with van der Waals surface area (Å²) >= 11 is 0. The quantitative estimate of drug-likeness (QED) is 0.811. The molecule has 118 valence electrons. The first-order valence-electron chi connectivity index (χ1n) is 7.77. The van der Waals surface area contributed by atoms with E-state index < -0.39 is 11.6 Å². The molecule has 2 rings (SSSR count). The van der Waals surface area contributed by atoms with Crippen LogP contribution in [0.25, 0.3) is 0 Å². The van der Waals surface area contributed by atoms with E-state index >= 15 is 0 Å². The number of rotatable bonds is 7. The van der Waals surface area contributed by atoms with Crippen molar-refractivity contribution in [2.75, 3.05) is 43.4 Å². The first kappa shape index (κ1) is 15.9. The Bertz CT molecular complexity index is 448. The molecular weight excluding hydrogens is 274 g/mol. The zero-order valence-corrected chi connectivity index (χ0v) is 12.6. The zero-order chi connectivity index (χ0) is 15.1. The van der Waals surface area contributed by atoms with Gasteiger partial charge in [0.15, 0.2) is 23.3 Å². The molecule has 0 aromatic carbocycles. The number of hydrogen-bond donors (Lipinski definition) is 2. The van der Waals surface area contributed by atoms with E-state index in [1.165, 1.54) is 19.3 Å². The van der Waals surface area contributed by atoms with Crippen molar-refractivity contribution in [3.05, 3.63) is 17.7 Å². The van der Waals surface area contributed by atoms with Gasteiger partial charge in [-0.05, 0) is 32.4 Å². The normalized spacial score (nSPS) is 16.0. The topological polar surface area (TPSA) is 40.2 Å². The van der Waals surface area contributed by atoms with Crippen molar-refractivity contribution in [2.24, 2.45) is 0 Å². The van der Waals surface area contributed by atoms with Crippen molar-refractivity contribution in [1.29, 1.82) is 0 Å². The van der Waals surface area contributed by atoms with Gasteiger partial charge >= 0.3 is 0 Å². The molecule has 0 saturated carbocycles. The van der Waals surface area contributed by atoms with E-state index in [9.17, 15) is 8.78 Å². The molecule has 4 nitrogen and oxygen atoms in total. The summed E-state index contributed by atoms with van der Waals surface area (Å²) in [7, 11) is 0. The predicted octanol–water partition coefficient (Wildman–Crippen LogP) is 3.08. The molecule has 1 aliphatic heterocycles. The highest BCUT2D eigenvalue weighted by Gasteiger charge is 2.13. The molecule has 1 fully saturated rings. The lowest BCUT2D eigenvalue weighted by Gasteiger charge is -2.26. The summed E-state index contributed by atoms with van der Waals surface area (Å²) in [6.45, 7) is 6.27. The van der Waals surface area contributed by atoms with Gasteiger partial charge in [-0.1, -0.05) is 13.3 Å². The minimum absolute atomic E-state index is 0.110. The van der Waals surface area contributed by atoms with Crippen LogP contribution >= 0.6 is 0 Å². The molecule has 1 aliphatic rings. The van der Waals surface area contributed by atoms with Gasteiger partial charge in [0.2, 0.25) is 0 Å². The number of piperidine rings is 1. The molecule has 0 aliphatic carbocycles. The van der Waals surface area contributed by atoms with Crippen LogP contribution in [0.1, 0.15) is 32.6 Å². The first-order chi connectivity index (χ1) is 10.2. The van der Waals surface area contributed by atoms with Crippen LogP contribution in [-0.2, 0) is 0 Å². The van der Waals surface area contributed by atoms with Gasteiger partial charge in [-0.15, -0.1) is 0 Å². The second-order valence-corrected chi connectivity index (χ2v) is 5.41. The molecule has 0 amide bonds. The second-order valence-electron chi connectivity index (χ2n) is 5.41. The lowest BCUT2D eigenvalue weighted by Crippen LogP contribution is -2.33. The average Bonchev–Trinajstić information content (AvgIpc) is 2.49. The van der Waals surface area contributed by atoms with Gasteiger partial charge in [0.05, 0.1) is 0 Å². The van der Waals surface area contributed by atoms with Crippen LogP contribution in [-0.4, -0.2) is 42.6 Å². The van der Waals surface area contributed by atoms with E-state index in [1.807, 2.05) is 6.92 Å². The van der Waals surface area contributed by atoms with E-state index in [4.69, 9.17) is 0 Å². The monoisotopic (exact) mass is 298 g/mol. The van der Waals surface area contributed by atoms with Crippen LogP contribution in [0, 0.1) is 11.6 Å². The van der Waals surface area contributed by atoms with Crippen LogP contribution in [0.4, 0.5) is 20.4 Å². The van der Waals surface area contributed by atoms with Crippen LogP contribution < -0.4 is 10.6 Å². The molecule has 2 N–H and O–H groups in total. The number of nitrogens with one attached hydrogen (secondary N) is 2. The third-order valence-electron chi connectivity index (χ3n) is 3.64. The Morgan fingerprint density at radius 3 is 2.29 bits per heavy atom. The maximum atomic E-state index is 13.7. The Morgan fingerprint density at radius 2 is 1.67 bits per heavy atom. The molecule has 1 aromatic rings. The molecule has 21 heavy (non-hydrogen) atoms. The second kappa shape index (κ2) is 8.12. The standard InChI is InChI=1S/C15H24F2N4/c1-2-6-18-14-12(16)11-13(17)15(20-14)19-7-10-21-8-4-3-5-9-21/h11H,2-10H2,1H3,(H2,18,19,20). The molecule has 0 unspecified atom stereocenters. The summed E-state index contributed by atoms with van der Waals surface area (Å²) < 4.78 is 27.3. The van der Waals surface area contributed by atoms with Crippen molar-refractivity contribution < 1.29 is 8.78 Å². The number of pyridine rings is 1. The van der Waals surface area contributed by atoms with Crippen LogP contribution in [0.5, 0.6) is 0 Å². The largest absolute Gasteiger partial charge is 0.368 e. The summed E-state index contributed by atoms with van der Waals surface area (Å²) in [5.74, 6) is -1.07. The number of aromatic nitrogens is 1. The Hall–Kier alpha value is -1.43. The average molecular weight is 298 g/mol. The van der Waals surface area contributed by atoms with Gasteiger partial charge in [0.25, 0.3) is 0 Å². The molecule has 6 heteroatoms. The smallest absolute Gasteiger partial charge is 0.168 e. The number of anilines is 2. The van der Waals surface area contributed by atoms with Crippen molar-refractivity contribution >= 4 is 11.6 Å². The number of likely N-dealkylation sites (tertiary alicyclic amines) is 1. The Labute approximate surface area is 124 Å². The van der Waals surface area contributed by atoms with E-state index in [0.717, 1.165) is 32.1 Å². The van der Waals surface area contributed by atoms with Gasteiger partial charge < -0.3 is 15.5 Å². The minimum atomic E-state index is -0.650. The van der Waals surface area contributed by atoms with Crippen molar-refractivity contribution in [3.8, 4) is 0 Å². The first-order valence-corrected chi connectivity index (χ1v) is 7.77. The Kier molecular flexibility index (Phi) is 6.17. The fourth-order valence-electron chi connectivity index (χ4n) is 2.47. The molecule has 2 heterocycles. The van der Waals surface area contributed by atoms with Gasteiger partial charge in [0.1, 0.15) is 0 Å². The lowest BCUT2D eigenvalue weighted by atomic mass is 10.1. The maximum absolute atomic E-state index is 13.7. The maximum Gasteiger partial charge on any atom is 0.168 e. The summed E-state index contributed by atoms with van der Waals surface area (Å²) in [6.07, 6.45) is 4.61.